The molecule has 108 valence electrons. The Morgan fingerprint density at radius 1 is 1.39 bits per heavy atom. The predicted octanol–water partition coefficient (Wildman–Crippen LogP) is 2.37. The molecule has 4 nitrogen and oxygen atoms in total. The molecule has 0 amide bonds. The molecule has 1 aliphatic rings. The van der Waals surface area contributed by atoms with Gasteiger partial charge >= 0.3 is 0 Å². The summed E-state index contributed by atoms with van der Waals surface area (Å²) in [6.07, 6.45) is 6.87. The van der Waals surface area contributed by atoms with E-state index in [1.54, 1.807) is 0 Å². The Morgan fingerprint density at radius 3 is 2.56 bits per heavy atom. The molecular weight excluding hydrogens is 228 g/mol. The van der Waals surface area contributed by atoms with Gasteiger partial charge < -0.3 is 9.47 Å². The fourth-order valence-electron chi connectivity index (χ4n) is 3.06. The highest BCUT2D eigenvalue weighted by atomic mass is 16.5. The van der Waals surface area contributed by atoms with Gasteiger partial charge in [-0.25, -0.2) is 0 Å². The van der Waals surface area contributed by atoms with Crippen LogP contribution in [0, 0.1) is 0 Å². The summed E-state index contributed by atoms with van der Waals surface area (Å²) in [5, 5.41) is 0. The molecule has 4 heteroatoms. The van der Waals surface area contributed by atoms with Gasteiger partial charge in [-0.2, -0.15) is 0 Å². The van der Waals surface area contributed by atoms with Crippen LogP contribution >= 0.6 is 0 Å². The number of nitrogens with one attached hydrogen (secondary N) is 1. The van der Waals surface area contributed by atoms with Crippen LogP contribution in [0.15, 0.2) is 0 Å². The number of nitrogens with two attached hydrogens (primary N) is 1. The summed E-state index contributed by atoms with van der Waals surface area (Å²) in [6, 6.07) is 0.205. The monoisotopic (exact) mass is 258 g/mol. The second-order valence-electron chi connectivity index (χ2n) is 5.14. The van der Waals surface area contributed by atoms with Crippen LogP contribution in [0.25, 0.3) is 0 Å². The summed E-state index contributed by atoms with van der Waals surface area (Å²) in [6.45, 7) is 8.06. The third kappa shape index (κ3) is 3.92. The van der Waals surface area contributed by atoms with Gasteiger partial charge in [0.2, 0.25) is 0 Å². The van der Waals surface area contributed by atoms with Crippen LogP contribution in [0.3, 0.4) is 0 Å². The van der Waals surface area contributed by atoms with Crippen molar-refractivity contribution in [3.05, 3.63) is 0 Å². The Kier molecular flexibility index (Phi) is 7.15. The van der Waals surface area contributed by atoms with E-state index < -0.39 is 0 Å². The van der Waals surface area contributed by atoms with Crippen LogP contribution in [-0.4, -0.2) is 31.0 Å². The molecule has 0 bridgehead atoms. The SMILES string of the molecule is CCOC(CC)(CC)C(CCC1CCCO1)NN. The van der Waals surface area contributed by atoms with Gasteiger partial charge in [-0.3, -0.25) is 11.3 Å². The summed E-state index contributed by atoms with van der Waals surface area (Å²) in [5.74, 6) is 5.75. The third-order valence-electron chi connectivity index (χ3n) is 4.27. The van der Waals surface area contributed by atoms with E-state index in [9.17, 15) is 0 Å². The van der Waals surface area contributed by atoms with E-state index in [0.717, 1.165) is 38.9 Å². The molecule has 1 fully saturated rings. The highest BCUT2D eigenvalue weighted by Gasteiger charge is 2.36. The summed E-state index contributed by atoms with van der Waals surface area (Å²) >= 11 is 0. The first kappa shape index (κ1) is 15.9. The van der Waals surface area contributed by atoms with Crippen molar-refractivity contribution in [1.29, 1.82) is 0 Å². The lowest BCUT2D eigenvalue weighted by Crippen LogP contribution is -2.54. The summed E-state index contributed by atoms with van der Waals surface area (Å²) < 4.78 is 11.7. The van der Waals surface area contributed by atoms with Crippen LogP contribution in [0.5, 0.6) is 0 Å². The quantitative estimate of drug-likeness (QED) is 0.492. The minimum atomic E-state index is -0.137. The molecule has 1 aliphatic heterocycles. The van der Waals surface area contributed by atoms with E-state index in [4.69, 9.17) is 15.3 Å². The molecule has 1 rings (SSSR count). The standard InChI is InChI=1S/C14H30N2O2/c1-4-14(5-2,18-6-3)13(16-15)10-9-12-8-7-11-17-12/h12-13,16H,4-11,15H2,1-3H3. The molecule has 1 saturated heterocycles. The number of hydrogen-bond acceptors (Lipinski definition) is 4. The van der Waals surface area contributed by atoms with Crippen molar-refractivity contribution in [3.63, 3.8) is 0 Å². The first-order valence-corrected chi connectivity index (χ1v) is 7.44. The van der Waals surface area contributed by atoms with Gasteiger partial charge in [0.05, 0.1) is 17.7 Å². The Hall–Kier alpha value is -0.160. The summed E-state index contributed by atoms with van der Waals surface area (Å²) in [4.78, 5) is 0. The number of hydrogen-bond donors (Lipinski definition) is 2. The Balaban J connectivity index is 2.54. The fraction of sp³-hybridized carbons (Fsp3) is 1.00. The lowest BCUT2D eigenvalue weighted by Gasteiger charge is -2.39. The Morgan fingerprint density at radius 2 is 2.11 bits per heavy atom. The van der Waals surface area contributed by atoms with Crippen LogP contribution in [0.1, 0.15) is 59.3 Å². The lowest BCUT2D eigenvalue weighted by atomic mass is 9.85. The molecule has 0 aromatic rings. The van der Waals surface area contributed by atoms with Crippen molar-refractivity contribution in [2.75, 3.05) is 13.2 Å². The minimum absolute atomic E-state index is 0.137. The second kappa shape index (κ2) is 8.10. The van der Waals surface area contributed by atoms with Gasteiger partial charge in [0.1, 0.15) is 0 Å². The van der Waals surface area contributed by atoms with Crippen molar-refractivity contribution in [1.82, 2.24) is 5.43 Å². The van der Waals surface area contributed by atoms with Gasteiger partial charge in [-0.1, -0.05) is 13.8 Å². The second-order valence-corrected chi connectivity index (χ2v) is 5.14. The Labute approximate surface area is 112 Å². The maximum Gasteiger partial charge on any atom is 0.0842 e. The molecule has 0 aromatic heterocycles. The molecule has 0 radical (unpaired) electrons. The minimum Gasteiger partial charge on any atom is -0.378 e. The van der Waals surface area contributed by atoms with E-state index >= 15 is 0 Å². The zero-order valence-corrected chi connectivity index (χ0v) is 12.2. The van der Waals surface area contributed by atoms with Gasteiger partial charge in [-0.15, -0.1) is 0 Å². The van der Waals surface area contributed by atoms with Crippen molar-refractivity contribution >= 4 is 0 Å². The number of ether oxygens (including phenoxy) is 2. The van der Waals surface area contributed by atoms with E-state index in [0.29, 0.717) is 6.10 Å². The number of hydrazine groups is 1. The fourth-order valence-corrected chi connectivity index (χ4v) is 3.06. The molecule has 2 unspecified atom stereocenters. The molecular formula is C14H30N2O2. The summed E-state index contributed by atoms with van der Waals surface area (Å²) in [7, 11) is 0. The van der Waals surface area contributed by atoms with E-state index in [-0.39, 0.29) is 11.6 Å². The zero-order valence-electron chi connectivity index (χ0n) is 12.2. The molecule has 1 heterocycles. The maximum absolute atomic E-state index is 6.01. The van der Waals surface area contributed by atoms with Gasteiger partial charge in [-0.05, 0) is 45.4 Å². The van der Waals surface area contributed by atoms with Crippen LogP contribution in [0.4, 0.5) is 0 Å². The van der Waals surface area contributed by atoms with E-state index in [2.05, 4.69) is 19.3 Å². The van der Waals surface area contributed by atoms with Crippen molar-refractivity contribution < 1.29 is 9.47 Å². The van der Waals surface area contributed by atoms with Crippen LogP contribution < -0.4 is 11.3 Å². The molecule has 0 spiro atoms. The highest BCUT2D eigenvalue weighted by molar-refractivity contribution is 4.91. The molecule has 18 heavy (non-hydrogen) atoms. The van der Waals surface area contributed by atoms with Crippen LogP contribution in [0.2, 0.25) is 0 Å². The maximum atomic E-state index is 6.01. The lowest BCUT2D eigenvalue weighted by molar-refractivity contribution is -0.0761. The molecule has 2 atom stereocenters. The molecule has 0 saturated carbocycles. The van der Waals surface area contributed by atoms with Crippen molar-refractivity contribution in [2.45, 2.75) is 77.0 Å². The summed E-state index contributed by atoms with van der Waals surface area (Å²) in [5.41, 5.74) is 2.84. The normalized spacial score (nSPS) is 22.3. The van der Waals surface area contributed by atoms with E-state index in [1.165, 1.54) is 12.8 Å². The largest absolute Gasteiger partial charge is 0.378 e. The Bertz CT molecular complexity index is 214. The van der Waals surface area contributed by atoms with Gasteiger partial charge in [0, 0.05) is 13.2 Å². The first-order chi connectivity index (χ1) is 8.72. The van der Waals surface area contributed by atoms with Crippen molar-refractivity contribution in [2.24, 2.45) is 5.84 Å². The highest BCUT2D eigenvalue weighted by Crippen LogP contribution is 2.29. The zero-order chi connectivity index (χ0) is 13.4. The molecule has 3 N–H and O–H groups in total. The first-order valence-electron chi connectivity index (χ1n) is 7.44. The molecule has 0 aliphatic carbocycles. The topological polar surface area (TPSA) is 56.5 Å². The number of rotatable bonds is 9. The van der Waals surface area contributed by atoms with E-state index in [1.807, 2.05) is 6.92 Å². The molecule has 0 aromatic carbocycles. The smallest absolute Gasteiger partial charge is 0.0842 e. The van der Waals surface area contributed by atoms with Gasteiger partial charge in [0.25, 0.3) is 0 Å². The predicted molar refractivity (Wildman–Crippen MR) is 74.3 cm³/mol. The average Bonchev–Trinajstić information content (AvgIpc) is 2.91. The van der Waals surface area contributed by atoms with Crippen molar-refractivity contribution in [3.8, 4) is 0 Å². The third-order valence-corrected chi connectivity index (χ3v) is 4.27. The van der Waals surface area contributed by atoms with Gasteiger partial charge in [0.15, 0.2) is 0 Å². The van der Waals surface area contributed by atoms with Crippen LogP contribution in [-0.2, 0) is 9.47 Å². The average molecular weight is 258 g/mol.